The van der Waals surface area contributed by atoms with Gasteiger partial charge in [0.1, 0.15) is 16.4 Å². The minimum atomic E-state index is -3.65. The molecule has 1 aliphatic rings. The lowest BCUT2D eigenvalue weighted by molar-refractivity contribution is 0.244. The standard InChI is InChI=1S/C20H21FN4O4S/c1-13-20(14(2)29-24-13)30(26,27)25-9-8-15(11-25)12-28-19-7-6-18(22-23-19)16-4-3-5-17(21)10-16/h3-7,10,15H,8-9,11-12H2,1-2H3. The summed E-state index contributed by atoms with van der Waals surface area (Å²) in [6.45, 7) is 4.29. The number of aromatic nitrogens is 3. The summed E-state index contributed by atoms with van der Waals surface area (Å²) in [5.41, 5.74) is 1.53. The van der Waals surface area contributed by atoms with Gasteiger partial charge in [-0.3, -0.25) is 0 Å². The molecule has 8 nitrogen and oxygen atoms in total. The SMILES string of the molecule is Cc1noc(C)c1S(=O)(=O)N1CCC(COc2ccc(-c3cccc(F)c3)nn2)C1. The van der Waals surface area contributed by atoms with Crippen LogP contribution in [0.2, 0.25) is 0 Å². The molecular weight excluding hydrogens is 411 g/mol. The van der Waals surface area contributed by atoms with E-state index in [0.717, 1.165) is 0 Å². The predicted molar refractivity (Wildman–Crippen MR) is 106 cm³/mol. The number of sulfonamides is 1. The number of ether oxygens (including phenoxy) is 1. The highest BCUT2D eigenvalue weighted by molar-refractivity contribution is 7.89. The summed E-state index contributed by atoms with van der Waals surface area (Å²) in [4.78, 5) is 0.142. The zero-order valence-electron chi connectivity index (χ0n) is 16.6. The van der Waals surface area contributed by atoms with E-state index in [1.165, 1.54) is 16.4 Å². The lowest BCUT2D eigenvalue weighted by Crippen LogP contribution is -2.30. The van der Waals surface area contributed by atoms with Crippen LogP contribution in [0.4, 0.5) is 4.39 Å². The van der Waals surface area contributed by atoms with Gasteiger partial charge in [-0.05, 0) is 38.5 Å². The van der Waals surface area contributed by atoms with E-state index >= 15 is 0 Å². The van der Waals surface area contributed by atoms with Crippen LogP contribution in [0.5, 0.6) is 5.88 Å². The summed E-state index contributed by atoms with van der Waals surface area (Å²) >= 11 is 0. The van der Waals surface area contributed by atoms with E-state index in [9.17, 15) is 12.8 Å². The number of hydrogen-bond acceptors (Lipinski definition) is 7. The molecule has 158 valence electrons. The average Bonchev–Trinajstić information content (AvgIpc) is 3.34. The molecule has 1 aromatic carbocycles. The minimum absolute atomic E-state index is 0.0324. The Hall–Kier alpha value is -2.85. The van der Waals surface area contributed by atoms with E-state index in [4.69, 9.17) is 9.26 Å². The van der Waals surface area contributed by atoms with Gasteiger partial charge in [0, 0.05) is 30.6 Å². The van der Waals surface area contributed by atoms with Gasteiger partial charge in [-0.2, -0.15) is 4.31 Å². The van der Waals surface area contributed by atoms with Crippen molar-refractivity contribution in [2.24, 2.45) is 5.92 Å². The van der Waals surface area contributed by atoms with Crippen LogP contribution >= 0.6 is 0 Å². The monoisotopic (exact) mass is 432 g/mol. The molecule has 1 saturated heterocycles. The van der Waals surface area contributed by atoms with E-state index in [-0.39, 0.29) is 16.6 Å². The Morgan fingerprint density at radius 2 is 2.07 bits per heavy atom. The van der Waals surface area contributed by atoms with Gasteiger partial charge < -0.3 is 9.26 Å². The second-order valence-corrected chi connectivity index (χ2v) is 9.12. The Balaban J connectivity index is 1.36. The maximum atomic E-state index is 13.3. The fourth-order valence-corrected chi connectivity index (χ4v) is 5.35. The van der Waals surface area contributed by atoms with Gasteiger partial charge in [-0.15, -0.1) is 10.2 Å². The summed E-state index contributed by atoms with van der Waals surface area (Å²) in [6.07, 6.45) is 0.678. The van der Waals surface area contributed by atoms with Crippen molar-refractivity contribution in [2.75, 3.05) is 19.7 Å². The molecule has 3 heterocycles. The third-order valence-corrected chi connectivity index (χ3v) is 7.15. The first-order chi connectivity index (χ1) is 14.3. The van der Waals surface area contributed by atoms with Crippen molar-refractivity contribution in [3.63, 3.8) is 0 Å². The van der Waals surface area contributed by atoms with Crippen LogP contribution in [0.3, 0.4) is 0 Å². The lowest BCUT2D eigenvalue weighted by atomic mass is 10.1. The van der Waals surface area contributed by atoms with E-state index in [1.807, 2.05) is 0 Å². The Bertz CT molecular complexity index is 1130. The van der Waals surface area contributed by atoms with Gasteiger partial charge in [0.2, 0.25) is 15.9 Å². The predicted octanol–water partition coefficient (Wildman–Crippen LogP) is 2.98. The van der Waals surface area contributed by atoms with Crippen molar-refractivity contribution >= 4 is 10.0 Å². The molecule has 0 bridgehead atoms. The van der Waals surface area contributed by atoms with E-state index < -0.39 is 10.0 Å². The maximum absolute atomic E-state index is 13.3. The number of aryl methyl sites for hydroxylation is 2. The normalized spacial score (nSPS) is 17.4. The molecule has 0 aliphatic carbocycles. The second kappa shape index (κ2) is 8.11. The van der Waals surface area contributed by atoms with Crippen LogP contribution in [-0.2, 0) is 10.0 Å². The minimum Gasteiger partial charge on any atom is -0.476 e. The Labute approximate surface area is 173 Å². The molecule has 0 N–H and O–H groups in total. The van der Waals surface area contributed by atoms with Crippen LogP contribution in [0, 0.1) is 25.6 Å². The molecule has 2 aromatic heterocycles. The summed E-state index contributed by atoms with van der Waals surface area (Å²) in [5, 5.41) is 11.8. The molecule has 0 saturated carbocycles. The molecule has 1 fully saturated rings. The zero-order valence-corrected chi connectivity index (χ0v) is 17.4. The maximum Gasteiger partial charge on any atom is 0.248 e. The van der Waals surface area contributed by atoms with Crippen LogP contribution in [0.25, 0.3) is 11.3 Å². The topological polar surface area (TPSA) is 98.4 Å². The van der Waals surface area contributed by atoms with Crippen molar-refractivity contribution < 1.29 is 22.1 Å². The first-order valence-electron chi connectivity index (χ1n) is 9.50. The fraction of sp³-hybridized carbons (Fsp3) is 0.350. The summed E-state index contributed by atoms with van der Waals surface area (Å²) < 4.78 is 51.3. The highest BCUT2D eigenvalue weighted by Crippen LogP contribution is 2.28. The van der Waals surface area contributed by atoms with Crippen LogP contribution in [-0.4, -0.2) is 47.8 Å². The smallest absolute Gasteiger partial charge is 0.248 e. The van der Waals surface area contributed by atoms with Crippen molar-refractivity contribution in [1.82, 2.24) is 19.7 Å². The second-order valence-electron chi connectivity index (χ2n) is 7.25. The summed E-state index contributed by atoms with van der Waals surface area (Å²) in [7, 11) is -3.65. The van der Waals surface area contributed by atoms with Gasteiger partial charge in [0.15, 0.2) is 5.76 Å². The van der Waals surface area contributed by atoms with Gasteiger partial charge in [0.25, 0.3) is 0 Å². The largest absolute Gasteiger partial charge is 0.476 e. The fourth-order valence-electron chi connectivity index (χ4n) is 3.53. The molecule has 1 aliphatic heterocycles. The lowest BCUT2D eigenvalue weighted by Gasteiger charge is -2.16. The molecule has 10 heteroatoms. The van der Waals surface area contributed by atoms with Crippen molar-refractivity contribution in [1.29, 1.82) is 0 Å². The average molecular weight is 432 g/mol. The quantitative estimate of drug-likeness (QED) is 0.590. The van der Waals surface area contributed by atoms with E-state index in [2.05, 4.69) is 15.4 Å². The number of nitrogens with zero attached hydrogens (tertiary/aromatic N) is 4. The Kier molecular flexibility index (Phi) is 5.52. The van der Waals surface area contributed by atoms with Crippen LogP contribution in [0.15, 0.2) is 45.8 Å². The molecule has 4 rings (SSSR count). The first kappa shape index (κ1) is 20.4. The molecular formula is C20H21FN4O4S. The molecule has 0 amide bonds. The van der Waals surface area contributed by atoms with Gasteiger partial charge >= 0.3 is 0 Å². The van der Waals surface area contributed by atoms with Gasteiger partial charge in [0.05, 0.1) is 12.3 Å². The van der Waals surface area contributed by atoms with Gasteiger partial charge in [-0.1, -0.05) is 17.3 Å². The van der Waals surface area contributed by atoms with Crippen LogP contribution in [0.1, 0.15) is 17.9 Å². The van der Waals surface area contributed by atoms with E-state index in [1.54, 1.807) is 38.1 Å². The third-order valence-electron chi connectivity index (χ3n) is 5.04. The molecule has 1 atom stereocenters. The van der Waals surface area contributed by atoms with Crippen LogP contribution < -0.4 is 4.74 Å². The molecule has 3 aromatic rings. The van der Waals surface area contributed by atoms with Gasteiger partial charge in [-0.25, -0.2) is 12.8 Å². The molecule has 30 heavy (non-hydrogen) atoms. The van der Waals surface area contributed by atoms with Crippen molar-refractivity contribution in [3.8, 4) is 17.1 Å². The Morgan fingerprint density at radius 3 is 2.73 bits per heavy atom. The number of hydrogen-bond donors (Lipinski definition) is 0. The number of benzene rings is 1. The van der Waals surface area contributed by atoms with E-state index in [0.29, 0.717) is 54.7 Å². The first-order valence-corrected chi connectivity index (χ1v) is 10.9. The van der Waals surface area contributed by atoms with Crippen molar-refractivity contribution in [3.05, 3.63) is 53.7 Å². The molecule has 0 spiro atoms. The highest BCUT2D eigenvalue weighted by Gasteiger charge is 2.36. The molecule has 0 radical (unpaired) electrons. The van der Waals surface area contributed by atoms with Crippen molar-refractivity contribution in [2.45, 2.75) is 25.2 Å². The zero-order chi connectivity index (χ0) is 21.3. The number of rotatable bonds is 6. The number of halogens is 1. The highest BCUT2D eigenvalue weighted by atomic mass is 32.2. The molecule has 1 unspecified atom stereocenters. The summed E-state index contributed by atoms with van der Waals surface area (Å²) in [6, 6.07) is 9.49. The Morgan fingerprint density at radius 1 is 1.23 bits per heavy atom. The third kappa shape index (κ3) is 4.05. The summed E-state index contributed by atoms with van der Waals surface area (Å²) in [5.74, 6) is 0.319.